The van der Waals surface area contributed by atoms with Crippen LogP contribution in [0.15, 0.2) is 11.1 Å². The lowest BCUT2D eigenvalue weighted by atomic mass is 9.21. The van der Waals surface area contributed by atoms with Crippen molar-refractivity contribution >= 4 is 11.8 Å². The summed E-state index contributed by atoms with van der Waals surface area (Å²) in [5.41, 5.74) is -5.65. The van der Waals surface area contributed by atoms with Crippen molar-refractivity contribution in [2.45, 2.75) is 82.6 Å². The van der Waals surface area contributed by atoms with Crippen molar-refractivity contribution in [3.63, 3.8) is 0 Å². The maximum atomic E-state index is 13.6. The Morgan fingerprint density at radius 3 is 2.45 bits per heavy atom. The summed E-state index contributed by atoms with van der Waals surface area (Å²) in [6, 6.07) is 0. The number of hydrogen-bond donors (Lipinski definition) is 4. The van der Waals surface area contributed by atoms with Crippen LogP contribution in [-0.2, 0) is 19.1 Å². The van der Waals surface area contributed by atoms with E-state index in [0.29, 0.717) is 11.1 Å². The predicted molar refractivity (Wildman–Crippen MR) is 97.4 cm³/mol. The van der Waals surface area contributed by atoms with Crippen LogP contribution < -0.4 is 0 Å². The van der Waals surface area contributed by atoms with Gasteiger partial charge in [0.25, 0.3) is 0 Å². The number of carbonyl (C=O) groups is 2. The smallest absolute Gasteiger partial charge is 0.303 e. The van der Waals surface area contributed by atoms with Crippen molar-refractivity contribution in [2.75, 3.05) is 6.61 Å². The Morgan fingerprint density at radius 1 is 1.24 bits per heavy atom. The van der Waals surface area contributed by atoms with Crippen LogP contribution in [0.4, 0.5) is 0 Å². The quantitative estimate of drug-likeness (QED) is 0.341. The summed E-state index contributed by atoms with van der Waals surface area (Å²) in [5, 5.41) is 44.3. The van der Waals surface area contributed by atoms with E-state index in [1.807, 2.05) is 0 Å². The summed E-state index contributed by atoms with van der Waals surface area (Å²) >= 11 is 0. The summed E-state index contributed by atoms with van der Waals surface area (Å²) in [4.78, 5) is 25.7. The average Bonchev–Trinajstić information content (AvgIpc) is 2.62. The Labute approximate surface area is 168 Å². The Balaban J connectivity index is 1.87. The molecule has 8 heteroatoms. The molecule has 8 nitrogen and oxygen atoms in total. The molecule has 4 fully saturated rings. The van der Waals surface area contributed by atoms with Crippen molar-refractivity contribution in [1.29, 1.82) is 0 Å². The minimum Gasteiger partial charge on any atom is -0.453 e. The zero-order valence-electron chi connectivity index (χ0n) is 17.1. The zero-order chi connectivity index (χ0) is 21.4. The average molecular weight is 408 g/mol. The number of ether oxygens (including phenoxy) is 2. The van der Waals surface area contributed by atoms with E-state index in [0.717, 1.165) is 0 Å². The summed E-state index contributed by atoms with van der Waals surface area (Å²) in [7, 11) is 0. The fourth-order valence-corrected chi connectivity index (χ4v) is 8.05. The molecule has 1 saturated heterocycles. The molecule has 4 N–H and O–H groups in total. The van der Waals surface area contributed by atoms with Crippen molar-refractivity contribution in [3.8, 4) is 0 Å². The molecule has 1 aliphatic heterocycles. The van der Waals surface area contributed by atoms with E-state index < -0.39 is 63.6 Å². The van der Waals surface area contributed by atoms with Gasteiger partial charge < -0.3 is 29.9 Å². The Morgan fingerprint density at radius 2 is 1.90 bits per heavy atom. The van der Waals surface area contributed by atoms with Crippen LogP contribution in [0, 0.1) is 16.2 Å². The number of aliphatic hydroxyl groups is 4. The molecule has 0 radical (unpaired) electrons. The number of fused-ring (bicyclic) bond motifs is 1. The van der Waals surface area contributed by atoms with Gasteiger partial charge in [0.05, 0.1) is 29.8 Å². The minimum atomic E-state index is -1.55. The number of ketones is 1. The van der Waals surface area contributed by atoms with Gasteiger partial charge in [-0.05, 0) is 31.4 Å². The lowest BCUT2D eigenvalue weighted by molar-refractivity contribution is -0.439. The predicted octanol–water partition coefficient (Wildman–Crippen LogP) is -0.390. The van der Waals surface area contributed by atoms with E-state index in [1.165, 1.54) is 6.92 Å². The highest BCUT2D eigenvalue weighted by Gasteiger charge is 2.93. The number of esters is 1. The third kappa shape index (κ3) is 1.60. The lowest BCUT2D eigenvalue weighted by Gasteiger charge is -2.84. The Hall–Kier alpha value is -1.32. The normalized spacial score (nSPS) is 57.7. The monoisotopic (exact) mass is 408 g/mol. The van der Waals surface area contributed by atoms with Gasteiger partial charge in [-0.2, -0.15) is 0 Å². The van der Waals surface area contributed by atoms with Crippen molar-refractivity contribution in [2.24, 2.45) is 16.2 Å². The summed E-state index contributed by atoms with van der Waals surface area (Å²) in [5.74, 6) is -1.09. The standard InChI is InChI=1S/C21H28O8/c1-9-11(23)6-19(27)7-21-17(3,16(26)15(25)14(9)18(19,21)4)12(24)5-13-20(21,8-28-13)29-10(2)22/h11-13,15,23-25,27H,5-8H2,1-4H3/t11-,12-,13+,15+,17-,18-,19+,20-,21?/m0/s1. The number of Topliss-reactive ketones (excluding diaryl/α,β-unsaturated/α-hetero) is 1. The van der Waals surface area contributed by atoms with Crippen LogP contribution in [0.25, 0.3) is 0 Å². The highest BCUT2D eigenvalue weighted by Crippen LogP contribution is 2.85. The van der Waals surface area contributed by atoms with Crippen LogP contribution in [0.5, 0.6) is 0 Å². The van der Waals surface area contributed by atoms with Crippen molar-refractivity contribution < 1.29 is 39.5 Å². The number of aliphatic hydroxyl groups excluding tert-OH is 3. The van der Waals surface area contributed by atoms with E-state index in [2.05, 4.69) is 0 Å². The molecule has 1 heterocycles. The van der Waals surface area contributed by atoms with Gasteiger partial charge in [-0.15, -0.1) is 0 Å². The molecule has 3 saturated carbocycles. The molecule has 0 aromatic rings. The Kier molecular flexibility index (Phi) is 3.46. The molecular formula is C21H28O8. The molecule has 1 spiro atoms. The third-order valence-electron chi connectivity index (χ3n) is 9.43. The van der Waals surface area contributed by atoms with Crippen LogP contribution in [-0.4, -0.2) is 74.4 Å². The van der Waals surface area contributed by atoms with Gasteiger partial charge in [0.15, 0.2) is 11.4 Å². The van der Waals surface area contributed by atoms with Gasteiger partial charge in [-0.1, -0.05) is 6.92 Å². The summed E-state index contributed by atoms with van der Waals surface area (Å²) in [6.45, 7) is 6.40. The maximum absolute atomic E-state index is 13.6. The Bertz CT molecular complexity index is 882. The van der Waals surface area contributed by atoms with Gasteiger partial charge in [0, 0.05) is 30.6 Å². The third-order valence-corrected chi connectivity index (χ3v) is 9.43. The largest absolute Gasteiger partial charge is 0.453 e. The van der Waals surface area contributed by atoms with Crippen LogP contribution >= 0.6 is 0 Å². The molecule has 0 amide bonds. The van der Waals surface area contributed by atoms with Gasteiger partial charge >= 0.3 is 5.97 Å². The van der Waals surface area contributed by atoms with Crippen LogP contribution in [0.2, 0.25) is 0 Å². The number of carbonyl (C=O) groups excluding carboxylic acids is 2. The second-order valence-corrected chi connectivity index (χ2v) is 10.1. The fraction of sp³-hybridized carbons (Fsp3) is 0.810. The number of rotatable bonds is 1. The van der Waals surface area contributed by atoms with Crippen molar-refractivity contribution in [3.05, 3.63) is 11.1 Å². The highest BCUT2D eigenvalue weighted by atomic mass is 16.6. The van der Waals surface area contributed by atoms with Crippen LogP contribution in [0.3, 0.4) is 0 Å². The first-order valence-corrected chi connectivity index (χ1v) is 10.2. The van der Waals surface area contributed by atoms with Gasteiger partial charge in [-0.3, -0.25) is 9.59 Å². The molecule has 0 aromatic carbocycles. The highest BCUT2D eigenvalue weighted by molar-refractivity contribution is 5.96. The molecular weight excluding hydrogens is 380 g/mol. The second kappa shape index (κ2) is 5.11. The number of hydrogen-bond acceptors (Lipinski definition) is 8. The fourth-order valence-electron chi connectivity index (χ4n) is 8.05. The van der Waals surface area contributed by atoms with E-state index >= 15 is 0 Å². The molecule has 4 aliphatic carbocycles. The van der Waals surface area contributed by atoms with Crippen LogP contribution in [0.1, 0.15) is 47.0 Å². The second-order valence-electron chi connectivity index (χ2n) is 10.1. The topological polar surface area (TPSA) is 134 Å². The van der Waals surface area contributed by atoms with E-state index in [4.69, 9.17) is 9.47 Å². The minimum absolute atomic E-state index is 0.0509. The zero-order valence-corrected chi connectivity index (χ0v) is 17.1. The van der Waals surface area contributed by atoms with Gasteiger partial charge in [0.1, 0.15) is 12.2 Å². The molecule has 5 rings (SSSR count). The maximum Gasteiger partial charge on any atom is 0.303 e. The van der Waals surface area contributed by atoms with Gasteiger partial charge in [0.2, 0.25) is 0 Å². The first-order chi connectivity index (χ1) is 13.3. The molecule has 29 heavy (non-hydrogen) atoms. The first kappa shape index (κ1) is 19.6. The first-order valence-electron chi connectivity index (χ1n) is 10.2. The lowest BCUT2D eigenvalue weighted by Crippen LogP contribution is -2.94. The van der Waals surface area contributed by atoms with E-state index in [-0.39, 0.29) is 25.9 Å². The molecule has 5 aliphatic rings. The molecule has 160 valence electrons. The van der Waals surface area contributed by atoms with Crippen molar-refractivity contribution in [1.82, 2.24) is 0 Å². The van der Waals surface area contributed by atoms with E-state index in [9.17, 15) is 30.0 Å². The summed E-state index contributed by atoms with van der Waals surface area (Å²) < 4.78 is 11.6. The molecule has 0 aromatic heterocycles. The van der Waals surface area contributed by atoms with Gasteiger partial charge in [-0.25, -0.2) is 0 Å². The SMILES string of the molecule is CC(=O)O[C@@]12CO[C@@H]1C[C@H](O)[C@@]1(C)C(=O)[C@H](O)C3=C(C)[C@@H](O)C[C@@]4(O)CC21[C@@]34C. The molecule has 0 bridgehead atoms. The molecule has 1 unspecified atom stereocenters. The van der Waals surface area contributed by atoms with E-state index in [1.54, 1.807) is 20.8 Å². The molecule has 9 atom stereocenters. The summed E-state index contributed by atoms with van der Waals surface area (Å²) in [6.07, 6.45) is -4.07.